The molecule has 0 atom stereocenters. The maximum Gasteiger partial charge on any atom is 0.239 e. The SMILES string of the molecule is CCN(CC(=O)NC)C(=O)CCc1ccc(Br)cc1F. The Labute approximate surface area is 126 Å². The molecule has 1 aromatic carbocycles. The zero-order chi connectivity index (χ0) is 15.1. The van der Waals surface area contributed by atoms with Gasteiger partial charge in [0.2, 0.25) is 11.8 Å². The van der Waals surface area contributed by atoms with E-state index in [1.807, 2.05) is 0 Å². The van der Waals surface area contributed by atoms with Crippen LogP contribution in [0.25, 0.3) is 0 Å². The third-order valence-corrected chi connectivity index (χ3v) is 3.46. The van der Waals surface area contributed by atoms with Gasteiger partial charge in [0.15, 0.2) is 0 Å². The quantitative estimate of drug-likeness (QED) is 0.859. The lowest BCUT2D eigenvalue weighted by molar-refractivity contribution is -0.135. The van der Waals surface area contributed by atoms with E-state index in [1.165, 1.54) is 18.0 Å². The van der Waals surface area contributed by atoms with Crippen molar-refractivity contribution in [1.82, 2.24) is 10.2 Å². The Bertz CT molecular complexity index is 494. The molecule has 0 heterocycles. The summed E-state index contributed by atoms with van der Waals surface area (Å²) < 4.78 is 14.3. The number of rotatable bonds is 6. The number of likely N-dealkylation sites (N-methyl/N-ethyl adjacent to an activating group) is 2. The summed E-state index contributed by atoms with van der Waals surface area (Å²) in [5, 5.41) is 2.48. The molecule has 0 aliphatic heterocycles. The van der Waals surface area contributed by atoms with Crippen LogP contribution in [0.4, 0.5) is 4.39 Å². The molecule has 1 aromatic rings. The van der Waals surface area contributed by atoms with Gasteiger partial charge in [-0.15, -0.1) is 0 Å². The molecule has 0 aromatic heterocycles. The number of halogens is 2. The molecule has 6 heteroatoms. The van der Waals surface area contributed by atoms with Crippen molar-refractivity contribution in [3.63, 3.8) is 0 Å². The second-order valence-electron chi connectivity index (χ2n) is 4.32. The van der Waals surface area contributed by atoms with Gasteiger partial charge in [-0.05, 0) is 31.0 Å². The Morgan fingerprint density at radius 3 is 2.65 bits per heavy atom. The van der Waals surface area contributed by atoms with Gasteiger partial charge in [0.05, 0.1) is 6.54 Å². The van der Waals surface area contributed by atoms with Crippen LogP contribution in [0.5, 0.6) is 0 Å². The molecule has 0 bridgehead atoms. The number of benzene rings is 1. The minimum Gasteiger partial charge on any atom is -0.358 e. The fourth-order valence-corrected chi connectivity index (χ4v) is 2.09. The second kappa shape index (κ2) is 7.99. The molecule has 0 saturated carbocycles. The number of amides is 2. The monoisotopic (exact) mass is 344 g/mol. The highest BCUT2D eigenvalue weighted by Crippen LogP contribution is 2.16. The van der Waals surface area contributed by atoms with Gasteiger partial charge in [0.1, 0.15) is 5.82 Å². The fourth-order valence-electron chi connectivity index (χ4n) is 1.75. The lowest BCUT2D eigenvalue weighted by atomic mass is 10.1. The van der Waals surface area contributed by atoms with E-state index in [-0.39, 0.29) is 30.6 Å². The minimum absolute atomic E-state index is 0.0364. The van der Waals surface area contributed by atoms with Crippen LogP contribution >= 0.6 is 15.9 Å². The highest BCUT2D eigenvalue weighted by molar-refractivity contribution is 9.10. The normalized spacial score (nSPS) is 10.2. The number of carbonyl (C=O) groups excluding carboxylic acids is 2. The third-order valence-electron chi connectivity index (χ3n) is 2.97. The van der Waals surface area contributed by atoms with Crippen LogP contribution in [0, 0.1) is 5.82 Å². The molecule has 0 radical (unpaired) electrons. The molecular formula is C14H18BrFN2O2. The van der Waals surface area contributed by atoms with Crippen molar-refractivity contribution in [3.05, 3.63) is 34.1 Å². The van der Waals surface area contributed by atoms with Crippen LogP contribution in [0.2, 0.25) is 0 Å². The summed E-state index contributed by atoms with van der Waals surface area (Å²) in [6, 6.07) is 4.77. The molecule has 20 heavy (non-hydrogen) atoms. The van der Waals surface area contributed by atoms with E-state index in [4.69, 9.17) is 0 Å². The molecule has 1 rings (SSSR count). The van der Waals surface area contributed by atoms with E-state index in [0.717, 1.165) is 0 Å². The Morgan fingerprint density at radius 1 is 1.40 bits per heavy atom. The first-order valence-electron chi connectivity index (χ1n) is 6.40. The number of hydrogen-bond acceptors (Lipinski definition) is 2. The van der Waals surface area contributed by atoms with Crippen molar-refractivity contribution in [2.45, 2.75) is 19.8 Å². The lowest BCUT2D eigenvalue weighted by Crippen LogP contribution is -2.39. The van der Waals surface area contributed by atoms with E-state index in [1.54, 1.807) is 19.1 Å². The highest BCUT2D eigenvalue weighted by atomic mass is 79.9. The van der Waals surface area contributed by atoms with Crippen LogP contribution in [-0.2, 0) is 16.0 Å². The zero-order valence-electron chi connectivity index (χ0n) is 11.6. The van der Waals surface area contributed by atoms with Crippen molar-refractivity contribution in [3.8, 4) is 0 Å². The minimum atomic E-state index is -0.332. The van der Waals surface area contributed by atoms with Crippen LogP contribution in [0.15, 0.2) is 22.7 Å². The predicted octanol–water partition coefficient (Wildman–Crippen LogP) is 2.12. The van der Waals surface area contributed by atoms with Crippen molar-refractivity contribution in [2.75, 3.05) is 20.1 Å². The molecule has 0 spiro atoms. The van der Waals surface area contributed by atoms with E-state index >= 15 is 0 Å². The zero-order valence-corrected chi connectivity index (χ0v) is 13.2. The summed E-state index contributed by atoms with van der Waals surface area (Å²) in [5.74, 6) is -0.699. The van der Waals surface area contributed by atoms with Gasteiger partial charge >= 0.3 is 0 Å². The summed E-state index contributed by atoms with van der Waals surface area (Å²) in [6.07, 6.45) is 0.506. The number of aryl methyl sites for hydroxylation is 1. The molecule has 0 unspecified atom stereocenters. The second-order valence-corrected chi connectivity index (χ2v) is 5.23. The van der Waals surface area contributed by atoms with Gasteiger partial charge in [0.25, 0.3) is 0 Å². The first kappa shape index (κ1) is 16.6. The van der Waals surface area contributed by atoms with Gasteiger partial charge in [-0.3, -0.25) is 9.59 Å². The van der Waals surface area contributed by atoms with Crippen molar-refractivity contribution in [1.29, 1.82) is 0 Å². The molecular weight excluding hydrogens is 327 g/mol. The smallest absolute Gasteiger partial charge is 0.239 e. The Morgan fingerprint density at radius 2 is 2.10 bits per heavy atom. The highest BCUT2D eigenvalue weighted by Gasteiger charge is 2.15. The van der Waals surface area contributed by atoms with Crippen LogP contribution in [0.1, 0.15) is 18.9 Å². The summed E-state index contributed by atoms with van der Waals surface area (Å²) in [4.78, 5) is 24.7. The molecule has 2 amide bonds. The molecule has 0 aliphatic rings. The van der Waals surface area contributed by atoms with Gasteiger partial charge < -0.3 is 10.2 Å². The number of nitrogens with zero attached hydrogens (tertiary/aromatic N) is 1. The molecule has 0 aliphatic carbocycles. The maximum absolute atomic E-state index is 13.6. The molecule has 1 N–H and O–H groups in total. The number of hydrogen-bond donors (Lipinski definition) is 1. The van der Waals surface area contributed by atoms with E-state index in [0.29, 0.717) is 23.0 Å². The lowest BCUT2D eigenvalue weighted by Gasteiger charge is -2.19. The first-order valence-corrected chi connectivity index (χ1v) is 7.19. The molecule has 4 nitrogen and oxygen atoms in total. The Hall–Kier alpha value is -1.43. The number of carbonyl (C=O) groups is 2. The maximum atomic E-state index is 13.6. The van der Waals surface area contributed by atoms with Crippen molar-refractivity contribution < 1.29 is 14.0 Å². The van der Waals surface area contributed by atoms with Gasteiger partial charge in [-0.1, -0.05) is 22.0 Å². The summed E-state index contributed by atoms with van der Waals surface area (Å²) in [5.41, 5.74) is 0.498. The fraction of sp³-hybridized carbons (Fsp3) is 0.429. The average molecular weight is 345 g/mol. The topological polar surface area (TPSA) is 49.4 Å². The van der Waals surface area contributed by atoms with Crippen LogP contribution in [-0.4, -0.2) is 36.9 Å². The van der Waals surface area contributed by atoms with E-state index < -0.39 is 0 Å². The van der Waals surface area contributed by atoms with Crippen molar-refractivity contribution in [2.24, 2.45) is 0 Å². The number of nitrogens with one attached hydrogen (secondary N) is 1. The first-order chi connectivity index (χ1) is 9.47. The summed E-state index contributed by atoms with van der Waals surface area (Å²) in [6.45, 7) is 2.30. The average Bonchev–Trinajstić information content (AvgIpc) is 2.43. The molecule has 110 valence electrons. The molecule has 0 saturated heterocycles. The van der Waals surface area contributed by atoms with E-state index in [9.17, 15) is 14.0 Å². The molecule has 0 fully saturated rings. The predicted molar refractivity (Wildman–Crippen MR) is 78.7 cm³/mol. The van der Waals surface area contributed by atoms with Crippen LogP contribution < -0.4 is 5.32 Å². The van der Waals surface area contributed by atoms with E-state index in [2.05, 4.69) is 21.2 Å². The Kier molecular flexibility index (Phi) is 6.64. The van der Waals surface area contributed by atoms with Gasteiger partial charge in [-0.25, -0.2) is 4.39 Å². The largest absolute Gasteiger partial charge is 0.358 e. The van der Waals surface area contributed by atoms with Crippen LogP contribution in [0.3, 0.4) is 0 Å². The summed E-state index contributed by atoms with van der Waals surface area (Å²) >= 11 is 3.19. The Balaban J connectivity index is 2.58. The standard InChI is InChI=1S/C14H18BrFN2O2/c1-3-18(9-13(19)17-2)14(20)7-5-10-4-6-11(15)8-12(10)16/h4,6,8H,3,5,7,9H2,1-2H3,(H,17,19). The third kappa shape index (κ3) is 4.92. The van der Waals surface area contributed by atoms with Crippen molar-refractivity contribution >= 4 is 27.7 Å². The van der Waals surface area contributed by atoms with Gasteiger partial charge in [0, 0.05) is 24.5 Å². The van der Waals surface area contributed by atoms with Gasteiger partial charge in [-0.2, -0.15) is 0 Å². The summed E-state index contributed by atoms with van der Waals surface area (Å²) in [7, 11) is 1.53.